The molecule has 0 amide bonds. The van der Waals surface area contributed by atoms with Gasteiger partial charge in [0.05, 0.1) is 6.04 Å². The van der Waals surface area contributed by atoms with Crippen LogP contribution in [0.25, 0.3) is 0 Å². The number of likely N-dealkylation sites (tertiary alicyclic amines) is 1. The number of benzene rings is 1. The van der Waals surface area contributed by atoms with Crippen molar-refractivity contribution in [1.82, 2.24) is 4.90 Å². The number of hydrogen-bond acceptors (Lipinski definition) is 3. The average molecular weight is 289 g/mol. The molecule has 0 aliphatic carbocycles. The van der Waals surface area contributed by atoms with Crippen LogP contribution in [0.15, 0.2) is 18.2 Å². The van der Waals surface area contributed by atoms with Gasteiger partial charge in [-0.1, -0.05) is 25.1 Å². The zero-order chi connectivity index (χ0) is 15.2. The Balaban J connectivity index is 1.94. The fourth-order valence-corrected chi connectivity index (χ4v) is 3.87. The summed E-state index contributed by atoms with van der Waals surface area (Å²) in [6, 6.07) is 6.08. The minimum atomic E-state index is -0.475. The van der Waals surface area contributed by atoms with E-state index in [4.69, 9.17) is 4.74 Å². The zero-order valence-corrected chi connectivity index (χ0v) is 13.6. The lowest BCUT2D eigenvalue weighted by molar-refractivity contribution is -0.0905. The molecule has 2 heterocycles. The maximum Gasteiger partial charge on any atom is 0.128 e. The Labute approximate surface area is 127 Å². The molecule has 3 rings (SSSR count). The summed E-state index contributed by atoms with van der Waals surface area (Å²) in [5.74, 6) is 1.66. The molecule has 1 saturated heterocycles. The highest BCUT2D eigenvalue weighted by molar-refractivity contribution is 5.45. The molecule has 0 saturated carbocycles. The number of fused-ring (bicyclic) bond motifs is 1. The smallest absolute Gasteiger partial charge is 0.128 e. The Kier molecular flexibility index (Phi) is 3.74. The van der Waals surface area contributed by atoms with Crippen LogP contribution < -0.4 is 4.74 Å². The molecule has 1 N–H and O–H groups in total. The van der Waals surface area contributed by atoms with Crippen LogP contribution in [0.1, 0.15) is 50.8 Å². The molecule has 1 fully saturated rings. The monoisotopic (exact) mass is 289 g/mol. The molecule has 1 aromatic carbocycles. The van der Waals surface area contributed by atoms with Gasteiger partial charge < -0.3 is 9.84 Å². The topological polar surface area (TPSA) is 32.7 Å². The average Bonchev–Trinajstić information content (AvgIpc) is 2.42. The van der Waals surface area contributed by atoms with Gasteiger partial charge in [-0.25, -0.2) is 0 Å². The number of aryl methyl sites for hydroxylation is 1. The van der Waals surface area contributed by atoms with E-state index < -0.39 is 6.10 Å². The van der Waals surface area contributed by atoms with E-state index in [1.165, 1.54) is 12.8 Å². The van der Waals surface area contributed by atoms with Crippen LogP contribution >= 0.6 is 0 Å². The summed E-state index contributed by atoms with van der Waals surface area (Å²) in [5, 5.41) is 11.0. The maximum atomic E-state index is 11.0. The lowest BCUT2D eigenvalue weighted by Gasteiger charge is -2.50. The largest absolute Gasteiger partial charge is 0.485 e. The Bertz CT molecular complexity index is 518. The van der Waals surface area contributed by atoms with Crippen LogP contribution in [-0.2, 0) is 0 Å². The molecule has 0 spiro atoms. The molecule has 3 nitrogen and oxygen atoms in total. The molecular weight excluding hydrogens is 262 g/mol. The normalized spacial score (nSPS) is 29.8. The number of piperidine rings is 1. The van der Waals surface area contributed by atoms with E-state index in [9.17, 15) is 5.11 Å². The lowest BCUT2D eigenvalue weighted by Crippen LogP contribution is -2.59. The van der Waals surface area contributed by atoms with Gasteiger partial charge in [-0.2, -0.15) is 0 Å². The second-order valence-corrected chi connectivity index (χ2v) is 7.31. The minimum Gasteiger partial charge on any atom is -0.485 e. The van der Waals surface area contributed by atoms with Gasteiger partial charge in [0.25, 0.3) is 0 Å². The Morgan fingerprint density at radius 2 is 1.90 bits per heavy atom. The second kappa shape index (κ2) is 5.29. The van der Waals surface area contributed by atoms with Gasteiger partial charge in [-0.15, -0.1) is 0 Å². The van der Waals surface area contributed by atoms with Crippen molar-refractivity contribution < 1.29 is 9.84 Å². The maximum absolute atomic E-state index is 11.0. The predicted octanol–water partition coefficient (Wildman–Crippen LogP) is 3.30. The molecule has 2 aliphatic rings. The van der Waals surface area contributed by atoms with Crippen molar-refractivity contribution >= 4 is 0 Å². The first-order valence-corrected chi connectivity index (χ1v) is 8.11. The van der Waals surface area contributed by atoms with E-state index in [0.29, 0.717) is 0 Å². The van der Waals surface area contributed by atoms with Crippen LogP contribution in [-0.4, -0.2) is 34.7 Å². The van der Waals surface area contributed by atoms with E-state index in [-0.39, 0.29) is 11.6 Å². The minimum absolute atomic E-state index is 0.0271. The summed E-state index contributed by atoms with van der Waals surface area (Å²) in [6.07, 6.45) is 1.94. The highest BCUT2D eigenvalue weighted by Gasteiger charge is 2.47. The SMILES string of the molecule is Cc1cccc2c1OC(C)(C)C(N1CCC(C)CC1)C2O. The molecule has 2 atom stereocenters. The van der Waals surface area contributed by atoms with E-state index in [2.05, 4.69) is 25.7 Å². The molecule has 0 aromatic heterocycles. The third-order valence-corrected chi connectivity index (χ3v) is 5.15. The number of hydrogen-bond donors (Lipinski definition) is 1. The van der Waals surface area contributed by atoms with Gasteiger partial charge in [-0.05, 0) is 58.2 Å². The molecular formula is C18H27NO2. The van der Waals surface area contributed by atoms with Crippen molar-refractivity contribution in [1.29, 1.82) is 0 Å². The predicted molar refractivity (Wildman–Crippen MR) is 84.6 cm³/mol. The van der Waals surface area contributed by atoms with E-state index in [1.807, 2.05) is 25.1 Å². The number of aliphatic hydroxyl groups is 1. The number of aliphatic hydroxyl groups excluding tert-OH is 1. The molecule has 116 valence electrons. The highest BCUT2D eigenvalue weighted by atomic mass is 16.5. The van der Waals surface area contributed by atoms with E-state index >= 15 is 0 Å². The van der Waals surface area contributed by atoms with Crippen molar-refractivity contribution in [2.24, 2.45) is 5.92 Å². The fourth-order valence-electron chi connectivity index (χ4n) is 3.87. The van der Waals surface area contributed by atoms with Gasteiger partial charge in [0.15, 0.2) is 0 Å². The third kappa shape index (κ3) is 2.58. The summed E-state index contributed by atoms with van der Waals surface area (Å²) in [4.78, 5) is 2.43. The standard InChI is InChI=1S/C18H27NO2/c1-12-8-10-19(11-9-12)17-15(20)14-7-5-6-13(2)16(14)21-18(17,3)4/h5-7,12,15,17,20H,8-11H2,1-4H3. The first kappa shape index (κ1) is 14.9. The van der Waals surface area contributed by atoms with Crippen molar-refractivity contribution in [3.63, 3.8) is 0 Å². The fraction of sp³-hybridized carbons (Fsp3) is 0.667. The zero-order valence-electron chi connectivity index (χ0n) is 13.6. The van der Waals surface area contributed by atoms with Crippen LogP contribution in [0.4, 0.5) is 0 Å². The second-order valence-electron chi connectivity index (χ2n) is 7.31. The quantitative estimate of drug-likeness (QED) is 0.861. The Morgan fingerprint density at radius 3 is 2.57 bits per heavy atom. The first-order chi connectivity index (χ1) is 9.90. The van der Waals surface area contributed by atoms with Crippen molar-refractivity contribution in [3.05, 3.63) is 29.3 Å². The van der Waals surface area contributed by atoms with Crippen molar-refractivity contribution in [2.45, 2.75) is 58.3 Å². The van der Waals surface area contributed by atoms with Gasteiger partial charge >= 0.3 is 0 Å². The van der Waals surface area contributed by atoms with E-state index in [1.54, 1.807) is 0 Å². The van der Waals surface area contributed by atoms with Crippen molar-refractivity contribution in [3.8, 4) is 5.75 Å². The van der Waals surface area contributed by atoms with E-state index in [0.717, 1.165) is 35.9 Å². The number of rotatable bonds is 1. The Hall–Kier alpha value is -1.06. The molecule has 2 unspecified atom stereocenters. The summed E-state index contributed by atoms with van der Waals surface area (Å²) in [6.45, 7) is 10.7. The summed E-state index contributed by atoms with van der Waals surface area (Å²) >= 11 is 0. The molecule has 21 heavy (non-hydrogen) atoms. The van der Waals surface area contributed by atoms with Gasteiger partial charge in [0, 0.05) is 5.56 Å². The number of nitrogens with zero attached hydrogens (tertiary/aromatic N) is 1. The third-order valence-electron chi connectivity index (χ3n) is 5.15. The van der Waals surface area contributed by atoms with Crippen LogP contribution in [0.5, 0.6) is 5.75 Å². The van der Waals surface area contributed by atoms with Gasteiger partial charge in [0.1, 0.15) is 17.5 Å². The van der Waals surface area contributed by atoms with Crippen LogP contribution in [0.3, 0.4) is 0 Å². The number of para-hydroxylation sites is 1. The highest BCUT2D eigenvalue weighted by Crippen LogP contribution is 2.44. The van der Waals surface area contributed by atoms with Crippen LogP contribution in [0, 0.1) is 12.8 Å². The molecule has 1 aromatic rings. The molecule has 0 bridgehead atoms. The summed E-state index contributed by atoms with van der Waals surface area (Å²) in [5.41, 5.74) is 1.67. The summed E-state index contributed by atoms with van der Waals surface area (Å²) < 4.78 is 6.31. The van der Waals surface area contributed by atoms with Crippen molar-refractivity contribution in [2.75, 3.05) is 13.1 Å². The molecule has 3 heteroatoms. The molecule has 0 radical (unpaired) electrons. The Morgan fingerprint density at radius 1 is 1.24 bits per heavy atom. The van der Waals surface area contributed by atoms with Gasteiger partial charge in [-0.3, -0.25) is 4.90 Å². The van der Waals surface area contributed by atoms with Crippen LogP contribution in [0.2, 0.25) is 0 Å². The van der Waals surface area contributed by atoms with Gasteiger partial charge in [0.2, 0.25) is 0 Å². The number of ether oxygens (including phenoxy) is 1. The molecule has 2 aliphatic heterocycles. The first-order valence-electron chi connectivity index (χ1n) is 8.11. The summed E-state index contributed by atoms with van der Waals surface area (Å²) in [7, 11) is 0. The lowest BCUT2D eigenvalue weighted by atomic mass is 9.82.